The molecule has 1 aromatic heterocycles. The van der Waals surface area contributed by atoms with E-state index in [9.17, 15) is 22.0 Å². The van der Waals surface area contributed by atoms with Crippen molar-refractivity contribution in [1.29, 1.82) is 0 Å². The van der Waals surface area contributed by atoms with Gasteiger partial charge in [-0.05, 0) is 6.07 Å². The minimum Gasteiger partial charge on any atom is -0.235 e. The van der Waals surface area contributed by atoms with Crippen molar-refractivity contribution in [3.05, 3.63) is 28.0 Å². The minimum absolute atomic E-state index is 0.477. The molecule has 90 valence electrons. The largest absolute Gasteiger partial charge is 0.416 e. The third kappa shape index (κ3) is 2.74. The molecule has 0 unspecified atom stereocenters. The normalized spacial score (nSPS) is 12.2. The van der Waals surface area contributed by atoms with E-state index in [1.54, 1.807) is 0 Å². The third-order valence-electron chi connectivity index (χ3n) is 1.77. The van der Waals surface area contributed by atoms with Crippen LogP contribution in [0.2, 0.25) is 5.15 Å². The lowest BCUT2D eigenvalue weighted by molar-refractivity contribution is -0.138. The molecule has 1 aromatic rings. The number of halogens is 7. The van der Waals surface area contributed by atoms with Crippen molar-refractivity contribution in [2.75, 3.05) is 0 Å². The maximum Gasteiger partial charge on any atom is 0.416 e. The SMILES string of the molecule is FC(F)c1nc(Cl)cc(C(F)(F)F)c1CCl. The molecule has 0 spiro atoms. The van der Waals surface area contributed by atoms with Crippen LogP contribution in [0.4, 0.5) is 22.0 Å². The van der Waals surface area contributed by atoms with Gasteiger partial charge in [-0.15, -0.1) is 11.6 Å². The van der Waals surface area contributed by atoms with Crippen LogP contribution < -0.4 is 0 Å². The Morgan fingerprint density at radius 2 is 1.88 bits per heavy atom. The number of hydrogen-bond donors (Lipinski definition) is 0. The van der Waals surface area contributed by atoms with E-state index >= 15 is 0 Å². The van der Waals surface area contributed by atoms with Gasteiger partial charge in [-0.3, -0.25) is 0 Å². The second kappa shape index (κ2) is 4.71. The molecular formula is C8H4Cl2F5N. The fourth-order valence-corrected chi connectivity index (χ4v) is 1.61. The van der Waals surface area contributed by atoms with E-state index < -0.39 is 40.5 Å². The van der Waals surface area contributed by atoms with Gasteiger partial charge in [0.05, 0.1) is 5.56 Å². The Labute approximate surface area is 97.2 Å². The van der Waals surface area contributed by atoms with E-state index in [2.05, 4.69) is 4.98 Å². The van der Waals surface area contributed by atoms with Crippen molar-refractivity contribution in [3.8, 4) is 0 Å². The van der Waals surface area contributed by atoms with E-state index in [1.165, 1.54) is 0 Å². The first-order valence-electron chi connectivity index (χ1n) is 3.88. The highest BCUT2D eigenvalue weighted by Gasteiger charge is 2.36. The van der Waals surface area contributed by atoms with Crippen molar-refractivity contribution in [2.45, 2.75) is 18.5 Å². The highest BCUT2D eigenvalue weighted by atomic mass is 35.5. The molecule has 0 N–H and O–H groups in total. The summed E-state index contributed by atoms with van der Waals surface area (Å²) in [4.78, 5) is 3.15. The van der Waals surface area contributed by atoms with Gasteiger partial charge in [-0.25, -0.2) is 13.8 Å². The summed E-state index contributed by atoms with van der Waals surface area (Å²) in [5.41, 5.74) is -3.05. The maximum atomic E-state index is 12.5. The van der Waals surface area contributed by atoms with Crippen LogP contribution in [0.1, 0.15) is 23.2 Å². The van der Waals surface area contributed by atoms with Gasteiger partial charge in [0.15, 0.2) is 0 Å². The van der Waals surface area contributed by atoms with Gasteiger partial charge in [0.2, 0.25) is 0 Å². The van der Waals surface area contributed by atoms with Crippen LogP contribution in [0.5, 0.6) is 0 Å². The lowest BCUT2D eigenvalue weighted by Crippen LogP contribution is -2.12. The van der Waals surface area contributed by atoms with Crippen molar-refractivity contribution >= 4 is 23.2 Å². The van der Waals surface area contributed by atoms with E-state index in [0.717, 1.165) is 0 Å². The van der Waals surface area contributed by atoms with E-state index in [0.29, 0.717) is 6.07 Å². The van der Waals surface area contributed by atoms with Gasteiger partial charge in [0.1, 0.15) is 10.8 Å². The number of aromatic nitrogens is 1. The average molecular weight is 280 g/mol. The Bertz CT molecular complexity index is 391. The molecule has 16 heavy (non-hydrogen) atoms. The first-order valence-corrected chi connectivity index (χ1v) is 4.79. The quantitative estimate of drug-likeness (QED) is 0.443. The van der Waals surface area contributed by atoms with Gasteiger partial charge in [-0.1, -0.05) is 11.6 Å². The minimum atomic E-state index is -4.79. The summed E-state index contributed by atoms with van der Waals surface area (Å²) in [6.45, 7) is 0. The molecule has 0 aliphatic carbocycles. The zero-order chi connectivity index (χ0) is 12.5. The Hall–Kier alpha value is -0.620. The smallest absolute Gasteiger partial charge is 0.235 e. The molecule has 1 heterocycles. The van der Waals surface area contributed by atoms with Crippen LogP contribution in [-0.4, -0.2) is 4.98 Å². The summed E-state index contributed by atoms with van der Waals surface area (Å²) in [6.07, 6.45) is -7.95. The fourth-order valence-electron chi connectivity index (χ4n) is 1.13. The summed E-state index contributed by atoms with van der Waals surface area (Å²) in [6, 6.07) is 0.477. The van der Waals surface area contributed by atoms with Crippen LogP contribution in [0.15, 0.2) is 6.07 Å². The number of rotatable bonds is 2. The average Bonchev–Trinajstić information content (AvgIpc) is 2.14. The first kappa shape index (κ1) is 13.4. The molecule has 0 fully saturated rings. The lowest BCUT2D eigenvalue weighted by Gasteiger charge is -2.14. The maximum absolute atomic E-state index is 12.5. The molecule has 0 atom stereocenters. The van der Waals surface area contributed by atoms with Gasteiger partial charge < -0.3 is 0 Å². The van der Waals surface area contributed by atoms with Crippen molar-refractivity contribution in [3.63, 3.8) is 0 Å². The molecule has 1 nitrogen and oxygen atoms in total. The van der Waals surface area contributed by atoms with E-state index in [-0.39, 0.29) is 0 Å². The van der Waals surface area contributed by atoms with Crippen LogP contribution in [0.3, 0.4) is 0 Å². The van der Waals surface area contributed by atoms with Crippen LogP contribution in [0.25, 0.3) is 0 Å². The number of alkyl halides is 6. The summed E-state index contributed by atoms with van der Waals surface area (Å²) in [7, 11) is 0. The van der Waals surface area contributed by atoms with Crippen LogP contribution >= 0.6 is 23.2 Å². The topological polar surface area (TPSA) is 12.9 Å². The van der Waals surface area contributed by atoms with Gasteiger partial charge >= 0.3 is 6.18 Å². The molecule has 0 saturated carbocycles. The fraction of sp³-hybridized carbons (Fsp3) is 0.375. The Balaban J connectivity index is 3.49. The predicted octanol–water partition coefficient (Wildman–Crippen LogP) is 4.43. The molecule has 0 saturated heterocycles. The second-order valence-electron chi connectivity index (χ2n) is 2.79. The highest BCUT2D eigenvalue weighted by Crippen LogP contribution is 2.37. The number of nitrogens with zero attached hydrogens (tertiary/aromatic N) is 1. The van der Waals surface area contributed by atoms with Crippen molar-refractivity contribution in [2.24, 2.45) is 0 Å². The predicted molar refractivity (Wildman–Crippen MR) is 48.8 cm³/mol. The summed E-state index contributed by atoms with van der Waals surface area (Å²) >= 11 is 10.5. The standard InChI is InChI=1S/C8H4Cl2F5N/c9-2-3-4(8(13,14)15)1-5(10)16-6(3)7(11)12/h1,7H,2H2. The van der Waals surface area contributed by atoms with E-state index in [1.807, 2.05) is 0 Å². The zero-order valence-corrected chi connectivity index (χ0v) is 8.97. The molecule has 0 aromatic carbocycles. The highest BCUT2D eigenvalue weighted by molar-refractivity contribution is 6.29. The number of pyridine rings is 1. The molecule has 0 amide bonds. The molecule has 0 aliphatic heterocycles. The monoisotopic (exact) mass is 279 g/mol. The lowest BCUT2D eigenvalue weighted by atomic mass is 10.1. The van der Waals surface area contributed by atoms with Crippen molar-refractivity contribution in [1.82, 2.24) is 4.98 Å². The van der Waals surface area contributed by atoms with Gasteiger partial charge in [0, 0.05) is 11.4 Å². The molecule has 8 heteroatoms. The molecule has 0 radical (unpaired) electrons. The van der Waals surface area contributed by atoms with Gasteiger partial charge in [-0.2, -0.15) is 13.2 Å². The van der Waals surface area contributed by atoms with E-state index in [4.69, 9.17) is 23.2 Å². The van der Waals surface area contributed by atoms with Crippen LogP contribution in [0, 0.1) is 0 Å². The summed E-state index contributed by atoms with van der Waals surface area (Å²) < 4.78 is 62.2. The Morgan fingerprint density at radius 1 is 1.31 bits per heavy atom. The molecular weight excluding hydrogens is 276 g/mol. The molecule has 0 aliphatic rings. The Morgan fingerprint density at radius 3 is 2.25 bits per heavy atom. The Kier molecular flexibility index (Phi) is 3.96. The summed E-state index contributed by atoms with van der Waals surface area (Å²) in [5.74, 6) is -0.710. The number of hydrogen-bond acceptors (Lipinski definition) is 1. The molecule has 0 bridgehead atoms. The third-order valence-corrected chi connectivity index (χ3v) is 2.23. The van der Waals surface area contributed by atoms with Crippen LogP contribution in [-0.2, 0) is 12.1 Å². The first-order chi connectivity index (χ1) is 7.27. The second-order valence-corrected chi connectivity index (χ2v) is 3.44. The van der Waals surface area contributed by atoms with Gasteiger partial charge in [0.25, 0.3) is 6.43 Å². The van der Waals surface area contributed by atoms with Crippen molar-refractivity contribution < 1.29 is 22.0 Å². The zero-order valence-electron chi connectivity index (χ0n) is 7.45. The summed E-state index contributed by atoms with van der Waals surface area (Å²) in [5, 5.41) is -0.642. The molecule has 1 rings (SSSR count).